The standard InChI is InChI=1S/C13H22N4O3S/c1-7(2)10-12(21(14,19)20)11(17-16-10)13(18)15-8(3)9-5-4-6-9/h7-9H,4-6H2,1-3H3,(H,15,18)(H,16,17)(H2,14,19,20). The van der Waals surface area contributed by atoms with E-state index in [4.69, 9.17) is 5.14 Å². The summed E-state index contributed by atoms with van der Waals surface area (Å²) in [5.41, 5.74) is 0.214. The van der Waals surface area contributed by atoms with Crippen LogP contribution in [0.1, 0.15) is 62.1 Å². The molecule has 0 spiro atoms. The molecule has 0 aromatic carbocycles. The van der Waals surface area contributed by atoms with Crippen LogP contribution in [0.2, 0.25) is 0 Å². The molecule has 1 aliphatic rings. The quantitative estimate of drug-likeness (QED) is 0.754. The van der Waals surface area contributed by atoms with Crippen LogP contribution in [0.25, 0.3) is 0 Å². The molecule has 21 heavy (non-hydrogen) atoms. The fraction of sp³-hybridized carbons (Fsp3) is 0.692. The van der Waals surface area contributed by atoms with Crippen molar-refractivity contribution in [3.8, 4) is 0 Å². The van der Waals surface area contributed by atoms with Crippen LogP contribution in [0.3, 0.4) is 0 Å². The molecule has 0 aliphatic heterocycles. The first kappa shape index (κ1) is 16.0. The molecule has 0 bridgehead atoms. The summed E-state index contributed by atoms with van der Waals surface area (Å²) >= 11 is 0. The topological polar surface area (TPSA) is 118 Å². The molecule has 0 saturated heterocycles. The van der Waals surface area contributed by atoms with Gasteiger partial charge < -0.3 is 5.32 Å². The third kappa shape index (κ3) is 3.26. The lowest BCUT2D eigenvalue weighted by molar-refractivity contribution is 0.0900. The molecule has 1 unspecified atom stereocenters. The number of carbonyl (C=O) groups excluding carboxylic acids is 1. The summed E-state index contributed by atoms with van der Waals surface area (Å²) in [6.45, 7) is 5.54. The Kier molecular flexibility index (Phi) is 4.38. The number of rotatable bonds is 5. The Hall–Kier alpha value is -1.41. The van der Waals surface area contributed by atoms with Crippen LogP contribution in [0.15, 0.2) is 4.90 Å². The maximum atomic E-state index is 12.3. The zero-order chi connectivity index (χ0) is 15.8. The van der Waals surface area contributed by atoms with Crippen molar-refractivity contribution >= 4 is 15.9 Å². The summed E-state index contributed by atoms with van der Waals surface area (Å²) in [5.74, 6) is -0.173. The van der Waals surface area contributed by atoms with Gasteiger partial charge in [0, 0.05) is 6.04 Å². The van der Waals surface area contributed by atoms with Crippen molar-refractivity contribution in [2.45, 2.75) is 56.9 Å². The molecule has 7 nitrogen and oxygen atoms in total. The fourth-order valence-electron chi connectivity index (χ4n) is 2.51. The molecule has 1 atom stereocenters. The molecule has 1 amide bonds. The number of nitrogens with zero attached hydrogens (tertiary/aromatic N) is 1. The van der Waals surface area contributed by atoms with Gasteiger partial charge in [0.05, 0.1) is 5.69 Å². The summed E-state index contributed by atoms with van der Waals surface area (Å²) in [6, 6.07) is -0.00113. The number of aromatic nitrogens is 2. The predicted octanol–water partition coefficient (Wildman–Crippen LogP) is 1.10. The first-order valence-corrected chi connectivity index (χ1v) is 8.68. The van der Waals surface area contributed by atoms with Crippen molar-refractivity contribution in [1.29, 1.82) is 0 Å². The lowest BCUT2D eigenvalue weighted by Gasteiger charge is -2.31. The van der Waals surface area contributed by atoms with Crippen LogP contribution < -0.4 is 10.5 Å². The molecule has 0 radical (unpaired) electrons. The first-order valence-electron chi connectivity index (χ1n) is 7.13. The van der Waals surface area contributed by atoms with Crippen LogP contribution in [-0.4, -0.2) is 30.6 Å². The Morgan fingerprint density at radius 3 is 2.43 bits per heavy atom. The molecular weight excluding hydrogens is 292 g/mol. The van der Waals surface area contributed by atoms with E-state index in [0.29, 0.717) is 11.6 Å². The van der Waals surface area contributed by atoms with E-state index in [-0.39, 0.29) is 22.5 Å². The number of amides is 1. The van der Waals surface area contributed by atoms with E-state index in [0.717, 1.165) is 12.8 Å². The second-order valence-electron chi connectivity index (χ2n) is 5.97. The van der Waals surface area contributed by atoms with Gasteiger partial charge in [-0.05, 0) is 31.6 Å². The second kappa shape index (κ2) is 5.76. The number of hydrogen-bond acceptors (Lipinski definition) is 4. The minimum atomic E-state index is -4.01. The number of primary sulfonamides is 1. The number of nitrogens with one attached hydrogen (secondary N) is 2. The molecule has 1 aromatic heterocycles. The summed E-state index contributed by atoms with van der Waals surface area (Å²) in [7, 11) is -4.01. The summed E-state index contributed by atoms with van der Waals surface area (Å²) in [4.78, 5) is 12.1. The summed E-state index contributed by atoms with van der Waals surface area (Å²) < 4.78 is 23.5. The SMILES string of the molecule is CC(C)c1[nH]nc(C(=O)NC(C)C2CCC2)c1S(N)(=O)=O. The minimum absolute atomic E-state index is 0.00113. The largest absolute Gasteiger partial charge is 0.348 e. The second-order valence-corrected chi connectivity index (χ2v) is 7.47. The summed E-state index contributed by atoms with van der Waals surface area (Å²) in [6.07, 6.45) is 3.34. The lowest BCUT2D eigenvalue weighted by Crippen LogP contribution is -2.41. The van der Waals surface area contributed by atoms with E-state index < -0.39 is 15.9 Å². The predicted molar refractivity (Wildman–Crippen MR) is 78.3 cm³/mol. The van der Waals surface area contributed by atoms with Crippen LogP contribution >= 0.6 is 0 Å². The number of carbonyl (C=O) groups is 1. The Morgan fingerprint density at radius 2 is 2.00 bits per heavy atom. The van der Waals surface area contributed by atoms with Crippen molar-refractivity contribution in [2.24, 2.45) is 11.1 Å². The Balaban J connectivity index is 2.28. The van der Waals surface area contributed by atoms with E-state index in [2.05, 4.69) is 15.5 Å². The third-order valence-corrected chi connectivity index (χ3v) is 5.02. The monoisotopic (exact) mass is 314 g/mol. The third-order valence-electron chi connectivity index (χ3n) is 4.04. The van der Waals surface area contributed by atoms with Crippen LogP contribution in [-0.2, 0) is 10.0 Å². The van der Waals surface area contributed by atoms with Gasteiger partial charge in [-0.1, -0.05) is 20.3 Å². The molecule has 1 heterocycles. The molecule has 8 heteroatoms. The van der Waals surface area contributed by atoms with Crippen molar-refractivity contribution in [2.75, 3.05) is 0 Å². The van der Waals surface area contributed by atoms with Gasteiger partial charge in [0.25, 0.3) is 5.91 Å². The smallest absolute Gasteiger partial charge is 0.273 e. The van der Waals surface area contributed by atoms with Gasteiger partial charge >= 0.3 is 0 Å². The highest BCUT2D eigenvalue weighted by atomic mass is 32.2. The molecule has 2 rings (SSSR count). The molecule has 1 fully saturated rings. The molecular formula is C13H22N4O3S. The number of hydrogen-bond donors (Lipinski definition) is 3. The molecule has 118 valence electrons. The van der Waals surface area contributed by atoms with Crippen molar-refractivity contribution in [1.82, 2.24) is 15.5 Å². The van der Waals surface area contributed by atoms with Gasteiger partial charge in [-0.15, -0.1) is 0 Å². The van der Waals surface area contributed by atoms with Gasteiger partial charge in [0.15, 0.2) is 5.69 Å². The molecule has 1 saturated carbocycles. The molecule has 1 aliphatic carbocycles. The lowest BCUT2D eigenvalue weighted by atomic mass is 9.80. The normalized spacial score (nSPS) is 17.6. The number of H-pyrrole nitrogens is 1. The highest BCUT2D eigenvalue weighted by Gasteiger charge is 2.31. The fourth-order valence-corrected chi connectivity index (χ4v) is 3.51. The Labute approximate surface area is 124 Å². The minimum Gasteiger partial charge on any atom is -0.348 e. The van der Waals surface area contributed by atoms with Crippen molar-refractivity contribution in [3.63, 3.8) is 0 Å². The van der Waals surface area contributed by atoms with Crippen LogP contribution in [0, 0.1) is 5.92 Å². The zero-order valence-corrected chi connectivity index (χ0v) is 13.3. The van der Waals surface area contributed by atoms with E-state index in [1.165, 1.54) is 6.42 Å². The average molecular weight is 314 g/mol. The number of aromatic amines is 1. The van der Waals surface area contributed by atoms with Gasteiger partial charge in [0.2, 0.25) is 10.0 Å². The summed E-state index contributed by atoms with van der Waals surface area (Å²) in [5, 5.41) is 14.5. The number of sulfonamides is 1. The van der Waals surface area contributed by atoms with E-state index in [9.17, 15) is 13.2 Å². The Bertz CT molecular complexity index is 632. The average Bonchev–Trinajstić information content (AvgIpc) is 2.69. The Morgan fingerprint density at radius 1 is 1.38 bits per heavy atom. The highest BCUT2D eigenvalue weighted by molar-refractivity contribution is 7.89. The van der Waals surface area contributed by atoms with Gasteiger partial charge in [-0.25, -0.2) is 13.6 Å². The molecule has 1 aromatic rings. The van der Waals surface area contributed by atoms with Gasteiger partial charge in [-0.2, -0.15) is 5.10 Å². The number of nitrogens with two attached hydrogens (primary N) is 1. The first-order chi connectivity index (χ1) is 9.71. The van der Waals surface area contributed by atoms with E-state index >= 15 is 0 Å². The van der Waals surface area contributed by atoms with Crippen LogP contribution in [0.5, 0.6) is 0 Å². The van der Waals surface area contributed by atoms with Crippen molar-refractivity contribution in [3.05, 3.63) is 11.4 Å². The van der Waals surface area contributed by atoms with Gasteiger partial charge in [0.1, 0.15) is 4.90 Å². The maximum Gasteiger partial charge on any atom is 0.273 e. The van der Waals surface area contributed by atoms with E-state index in [1.54, 1.807) is 13.8 Å². The molecule has 4 N–H and O–H groups in total. The maximum absolute atomic E-state index is 12.3. The zero-order valence-electron chi connectivity index (χ0n) is 12.5. The van der Waals surface area contributed by atoms with E-state index in [1.807, 2.05) is 6.92 Å². The van der Waals surface area contributed by atoms with Crippen LogP contribution in [0.4, 0.5) is 0 Å². The van der Waals surface area contributed by atoms with Crippen molar-refractivity contribution < 1.29 is 13.2 Å². The van der Waals surface area contributed by atoms with Gasteiger partial charge in [-0.3, -0.25) is 9.89 Å². The highest BCUT2D eigenvalue weighted by Crippen LogP contribution is 2.30.